The van der Waals surface area contributed by atoms with Crippen LogP contribution in [-0.4, -0.2) is 130 Å². The number of nitrogens with one attached hydrogen (secondary N) is 8. The number of nitrogens with zero attached hydrogens (tertiary/aromatic N) is 7. The first kappa shape index (κ1) is 69.2. The summed E-state index contributed by atoms with van der Waals surface area (Å²) in [6, 6.07) is 46.4. The van der Waals surface area contributed by atoms with Gasteiger partial charge in [0.1, 0.15) is 35.0 Å². The Kier molecular flexibility index (Phi) is 23.2. The monoisotopic (exact) mass is 1340 g/mol. The van der Waals surface area contributed by atoms with Crippen LogP contribution in [0.5, 0.6) is 0 Å². The van der Waals surface area contributed by atoms with Crippen molar-refractivity contribution >= 4 is 122 Å². The number of anilines is 6. The molecule has 0 unspecified atom stereocenters. The van der Waals surface area contributed by atoms with Crippen LogP contribution in [0.15, 0.2) is 187 Å². The molecule has 6 aromatic carbocycles. The van der Waals surface area contributed by atoms with Crippen molar-refractivity contribution in [2.45, 2.75) is 33.6 Å². The minimum Gasteiger partial charge on any atom is -0.363 e. The van der Waals surface area contributed by atoms with Gasteiger partial charge in [-0.3, -0.25) is 44.6 Å². The molecule has 0 aliphatic carbocycles. The molecule has 24 heteroatoms. The molecule has 0 saturated carbocycles. The van der Waals surface area contributed by atoms with Crippen molar-refractivity contribution in [2.24, 2.45) is 4.99 Å². The van der Waals surface area contributed by atoms with Crippen molar-refractivity contribution < 1.29 is 28.8 Å². The van der Waals surface area contributed by atoms with E-state index in [1.54, 1.807) is 152 Å². The summed E-state index contributed by atoms with van der Waals surface area (Å²) in [5.41, 5.74) is 8.37. The molecule has 2 aliphatic rings. The molecule has 1 saturated heterocycles. The van der Waals surface area contributed by atoms with Gasteiger partial charge in [0.25, 0.3) is 35.4 Å². The van der Waals surface area contributed by atoms with Gasteiger partial charge < -0.3 is 46.6 Å². The van der Waals surface area contributed by atoms with Gasteiger partial charge in [-0.25, -0.2) is 15.0 Å². The fourth-order valence-electron chi connectivity index (χ4n) is 10.1. The van der Waals surface area contributed by atoms with Crippen molar-refractivity contribution in [3.63, 3.8) is 0 Å². The van der Waals surface area contributed by atoms with Crippen LogP contribution in [0.4, 0.5) is 34.5 Å². The second-order valence-corrected chi connectivity index (χ2v) is 23.8. The number of aromatic nitrogens is 3. The molecule has 21 nitrogen and oxygen atoms in total. The van der Waals surface area contributed by atoms with E-state index in [4.69, 9.17) is 45.6 Å². The highest BCUT2D eigenvalue weighted by Gasteiger charge is 2.23. The molecule has 0 bridgehead atoms. The summed E-state index contributed by atoms with van der Waals surface area (Å²) < 4.78 is 0. The summed E-state index contributed by atoms with van der Waals surface area (Å²) in [7, 11) is 5.57. The number of carbonyl (C=O) groups is 6. The number of amides is 6. The summed E-state index contributed by atoms with van der Waals surface area (Å²) in [6.07, 6.45) is 6.54. The number of halogens is 3. The smallest absolute Gasteiger partial charge is 0.258 e. The fourth-order valence-corrected chi connectivity index (χ4v) is 10.4. The summed E-state index contributed by atoms with van der Waals surface area (Å²) >= 11 is 17.5. The number of likely N-dealkylation sites (tertiary alicyclic amines) is 1. The Morgan fingerprint density at radius 1 is 0.427 bits per heavy atom. The third-order valence-corrected chi connectivity index (χ3v) is 16.0. The molecule has 11 rings (SSSR count). The number of rotatable bonds is 15. The van der Waals surface area contributed by atoms with Crippen molar-refractivity contribution in [3.05, 3.63) is 264 Å². The Morgan fingerprint density at radius 2 is 0.771 bits per heavy atom. The number of amidine groups is 3. The molecule has 6 amide bonds. The molecule has 488 valence electrons. The zero-order valence-electron chi connectivity index (χ0n) is 53.3. The van der Waals surface area contributed by atoms with Gasteiger partial charge in [-0.05, 0) is 141 Å². The molecule has 8 N–H and O–H groups in total. The van der Waals surface area contributed by atoms with Gasteiger partial charge in [0, 0.05) is 92.7 Å². The highest BCUT2D eigenvalue weighted by Crippen LogP contribution is 2.28. The lowest BCUT2D eigenvalue weighted by molar-refractivity contribution is 0.101. The highest BCUT2D eigenvalue weighted by molar-refractivity contribution is 6.31. The van der Waals surface area contributed by atoms with Crippen LogP contribution in [0, 0.1) is 31.6 Å². The Balaban J connectivity index is 0.000000169. The Bertz CT molecular complexity index is 4400. The van der Waals surface area contributed by atoms with Crippen LogP contribution >= 0.6 is 34.8 Å². The van der Waals surface area contributed by atoms with Gasteiger partial charge in [-0.1, -0.05) is 108 Å². The molecule has 1 fully saturated rings. The second-order valence-electron chi connectivity index (χ2n) is 22.4. The van der Waals surface area contributed by atoms with Crippen LogP contribution in [0.25, 0.3) is 0 Å². The molecular formula is C72H68Cl3N15O6. The van der Waals surface area contributed by atoms with Crippen LogP contribution < -0.4 is 31.9 Å². The zero-order chi connectivity index (χ0) is 68.6. The number of likely N-dealkylation sites (N-methyl/N-ethyl adjacent to an activating group) is 1. The van der Waals surface area contributed by atoms with Crippen LogP contribution in [-0.2, 0) is 0 Å². The SMILES string of the molecule is Cc1cccc(C(=O)Nc2ccc(Cl)cn2)c1NC(=O)c1ccc(C(=N)N(C)C)cc1.Cc1cccc(C(=O)Nc2ccc(Cl)cn2)c1NC(=O)c1ccc(C(=N)N2CCCC2)cc1.Cc1cccc(C(=O)Nc2ccc(Cl)cn2)c1NC(=O)c1ccc(C2=NCCN2C)cc1. The normalized spacial score (nSPS) is 12.1. The number of para-hydroxylation sites is 3. The molecular weight excluding hydrogens is 1280 g/mol. The van der Waals surface area contributed by atoms with Crippen LogP contribution in [0.1, 0.15) is 108 Å². The first-order chi connectivity index (χ1) is 46.1. The third kappa shape index (κ3) is 18.0. The molecule has 96 heavy (non-hydrogen) atoms. The quantitative estimate of drug-likeness (QED) is 0.0351. The van der Waals surface area contributed by atoms with Crippen molar-refractivity contribution in [1.82, 2.24) is 29.7 Å². The predicted molar refractivity (Wildman–Crippen MR) is 381 cm³/mol. The highest BCUT2D eigenvalue weighted by atomic mass is 35.5. The lowest BCUT2D eigenvalue weighted by atomic mass is 10.1. The minimum atomic E-state index is -0.399. The number of carbonyl (C=O) groups excluding carboxylic acids is 6. The summed E-state index contributed by atoms with van der Waals surface area (Å²) in [6.45, 7) is 8.93. The van der Waals surface area contributed by atoms with Gasteiger partial charge in [-0.2, -0.15) is 0 Å². The summed E-state index contributed by atoms with van der Waals surface area (Å²) in [5, 5.41) is 34.5. The van der Waals surface area contributed by atoms with Gasteiger partial charge in [-0.15, -0.1) is 0 Å². The van der Waals surface area contributed by atoms with E-state index in [9.17, 15) is 28.8 Å². The zero-order valence-corrected chi connectivity index (χ0v) is 55.5. The van der Waals surface area contributed by atoms with E-state index in [2.05, 4.69) is 56.7 Å². The second kappa shape index (κ2) is 32.1. The first-order valence-corrected chi connectivity index (χ1v) is 31.4. The lowest BCUT2D eigenvalue weighted by Crippen LogP contribution is -2.27. The molecule has 0 radical (unpaired) electrons. The standard InChI is InChI=1S/C25H24ClN5O2.C24H22ClN5O2.C23H22ClN5O2/c1-16-5-4-6-20(25(33)29-21-12-11-19(26)15-28-21)22(16)30-24(32)18-9-7-17(8-10-18)23(27)31-13-2-3-14-31;1-15-4-3-5-19(24(32)28-20-11-10-18(25)14-27-20)21(15)29-23(31)17-8-6-16(7-9-17)22-26-12-13-30(22)2;1-14-5-4-6-18(23(31)27-19-12-11-17(24)13-26-19)20(14)28-22(30)16-9-7-15(8-10-16)21(25)29(2)3/h4-12,15,27H,2-3,13-14H2,1H3,(H,30,32)(H,28,29,33);3-11,14H,12-13H2,1-2H3,(H,29,31)(H,27,28,32);4-13,25H,1-3H3,(H,28,30)(H,26,27,31). The fraction of sp³-hybridized carbons (Fsp3) is 0.167. The van der Waals surface area contributed by atoms with Crippen molar-refractivity contribution in [3.8, 4) is 0 Å². The average molecular weight is 1350 g/mol. The van der Waals surface area contributed by atoms with E-state index in [-0.39, 0.29) is 23.6 Å². The molecule has 0 atom stereocenters. The van der Waals surface area contributed by atoms with Gasteiger partial charge >= 0.3 is 0 Å². The largest absolute Gasteiger partial charge is 0.363 e. The number of hydrogen-bond donors (Lipinski definition) is 8. The molecule has 5 heterocycles. The maximum Gasteiger partial charge on any atom is 0.258 e. The summed E-state index contributed by atoms with van der Waals surface area (Å²) in [4.78, 5) is 99.8. The van der Waals surface area contributed by atoms with Crippen molar-refractivity contribution in [1.29, 1.82) is 10.8 Å². The van der Waals surface area contributed by atoms with Gasteiger partial charge in [0.15, 0.2) is 0 Å². The number of benzene rings is 6. The first-order valence-electron chi connectivity index (χ1n) is 30.3. The topological polar surface area (TPSA) is 283 Å². The van der Waals surface area contributed by atoms with Gasteiger partial charge in [0.2, 0.25) is 0 Å². The van der Waals surface area contributed by atoms with Gasteiger partial charge in [0.05, 0.1) is 55.4 Å². The third-order valence-electron chi connectivity index (χ3n) is 15.3. The van der Waals surface area contributed by atoms with E-state index < -0.39 is 11.8 Å². The number of hydrogen-bond acceptors (Lipinski definition) is 13. The van der Waals surface area contributed by atoms with Crippen LogP contribution in [0.2, 0.25) is 15.1 Å². The minimum absolute atomic E-state index is 0.300. The molecule has 9 aromatic rings. The lowest BCUT2D eigenvalue weighted by Gasteiger charge is -2.18. The van der Waals surface area contributed by atoms with E-state index in [0.29, 0.717) is 100 Å². The Hall–Kier alpha value is -11.1. The Morgan fingerprint density at radius 3 is 1.09 bits per heavy atom. The number of aliphatic imine (C=N–C) groups is 1. The van der Waals surface area contributed by atoms with Crippen molar-refractivity contribution in [2.75, 3.05) is 79.2 Å². The summed E-state index contributed by atoms with van der Waals surface area (Å²) in [5.74, 6) is 0.682. The molecule has 2 aliphatic heterocycles. The van der Waals surface area contributed by atoms with E-state index >= 15 is 0 Å². The van der Waals surface area contributed by atoms with Crippen LogP contribution in [0.3, 0.4) is 0 Å². The van der Waals surface area contributed by atoms with E-state index in [1.165, 1.54) is 18.6 Å². The predicted octanol–water partition coefficient (Wildman–Crippen LogP) is 13.6. The van der Waals surface area contributed by atoms with E-state index in [1.807, 2.05) is 63.1 Å². The maximum absolute atomic E-state index is 12.9. The number of aryl methyl sites for hydroxylation is 3. The molecule has 3 aromatic heterocycles. The maximum atomic E-state index is 12.9. The Labute approximate surface area is 570 Å². The molecule has 0 spiro atoms. The average Bonchev–Trinajstić information content (AvgIpc) is 0.931. The van der Waals surface area contributed by atoms with E-state index in [0.717, 1.165) is 72.7 Å². The number of pyridine rings is 3.